The summed E-state index contributed by atoms with van der Waals surface area (Å²) in [6.07, 6.45) is 11.9. The first-order chi connectivity index (χ1) is 15.3. The number of nitrogens with zero attached hydrogens (tertiary/aromatic N) is 3. The van der Waals surface area contributed by atoms with Gasteiger partial charge in [0.2, 0.25) is 0 Å². The number of hydrogen-bond acceptors (Lipinski definition) is 5. The molecule has 0 atom stereocenters. The molecule has 0 radical (unpaired) electrons. The lowest BCUT2D eigenvalue weighted by atomic mass is 9.98. The lowest BCUT2D eigenvalue weighted by Crippen LogP contribution is -2.28. The van der Waals surface area contributed by atoms with Crippen molar-refractivity contribution in [1.29, 1.82) is 0 Å². The molecule has 1 fully saturated rings. The van der Waals surface area contributed by atoms with E-state index in [2.05, 4.69) is 70.7 Å². The Hall–Kier alpha value is -3.21. The summed E-state index contributed by atoms with van der Waals surface area (Å²) in [6.45, 7) is 14.4. The molecule has 2 rings (SSSR count). The van der Waals surface area contributed by atoms with E-state index >= 15 is 0 Å². The Morgan fingerprint density at radius 2 is 1.91 bits per heavy atom. The average Bonchev–Trinajstić information content (AvgIpc) is 2.76. The Kier molecular flexibility index (Phi) is 9.39. The Bertz CT molecular complexity index is 937. The van der Waals surface area contributed by atoms with Crippen molar-refractivity contribution in [2.24, 2.45) is 10.7 Å². The quantitative estimate of drug-likeness (QED) is 0.409. The number of benzene rings is 1. The van der Waals surface area contributed by atoms with Gasteiger partial charge >= 0.3 is 0 Å². The summed E-state index contributed by atoms with van der Waals surface area (Å²) in [5.74, 6) is 0. The lowest BCUT2D eigenvalue weighted by Gasteiger charge is -2.30. The largest absolute Gasteiger partial charge is 0.402 e. The molecule has 1 aliphatic heterocycles. The van der Waals surface area contributed by atoms with Crippen molar-refractivity contribution < 1.29 is 0 Å². The third kappa shape index (κ3) is 6.91. The summed E-state index contributed by atoms with van der Waals surface area (Å²) in [6, 6.07) is 6.35. The van der Waals surface area contributed by atoms with Crippen molar-refractivity contribution in [3.63, 3.8) is 0 Å². The summed E-state index contributed by atoms with van der Waals surface area (Å²) >= 11 is 0. The monoisotopic (exact) mass is 433 g/mol. The third-order valence-corrected chi connectivity index (χ3v) is 5.48. The van der Waals surface area contributed by atoms with Gasteiger partial charge in [0.05, 0.1) is 0 Å². The lowest BCUT2D eigenvalue weighted by molar-refractivity contribution is 0.293. The van der Waals surface area contributed by atoms with Crippen LogP contribution in [0.15, 0.2) is 77.4 Å². The minimum Gasteiger partial charge on any atom is -0.402 e. The van der Waals surface area contributed by atoms with Gasteiger partial charge in [0, 0.05) is 75.0 Å². The molecule has 1 aliphatic rings. The maximum Gasteiger partial charge on any atom is 0.0417 e. The predicted molar refractivity (Wildman–Crippen MR) is 141 cm³/mol. The molecule has 0 unspecified atom stereocenters. The highest BCUT2D eigenvalue weighted by Crippen LogP contribution is 2.28. The summed E-state index contributed by atoms with van der Waals surface area (Å²) in [5.41, 5.74) is 13.9. The third-order valence-electron chi connectivity index (χ3n) is 5.48. The first kappa shape index (κ1) is 25.1. The molecule has 0 saturated carbocycles. The van der Waals surface area contributed by atoms with Crippen LogP contribution in [0.4, 0.5) is 5.69 Å². The van der Waals surface area contributed by atoms with E-state index < -0.39 is 0 Å². The van der Waals surface area contributed by atoms with Gasteiger partial charge in [-0.1, -0.05) is 19.2 Å². The van der Waals surface area contributed by atoms with E-state index in [9.17, 15) is 0 Å². The molecular weight excluding hydrogens is 394 g/mol. The molecule has 0 aromatic heterocycles. The number of piperidine rings is 1. The van der Waals surface area contributed by atoms with Gasteiger partial charge in [0.1, 0.15) is 0 Å². The first-order valence-corrected chi connectivity index (χ1v) is 11.2. The first-order valence-electron chi connectivity index (χ1n) is 11.2. The van der Waals surface area contributed by atoms with Crippen molar-refractivity contribution in [3.8, 4) is 0 Å². The van der Waals surface area contributed by atoms with Crippen LogP contribution >= 0.6 is 0 Å². The van der Waals surface area contributed by atoms with E-state index in [1.54, 1.807) is 13.3 Å². The van der Waals surface area contributed by atoms with Crippen molar-refractivity contribution >= 4 is 17.5 Å². The number of allylic oxidation sites excluding steroid dienone is 5. The highest BCUT2D eigenvalue weighted by Gasteiger charge is 2.14. The average molecular weight is 434 g/mol. The molecule has 5 heteroatoms. The fourth-order valence-corrected chi connectivity index (χ4v) is 3.85. The van der Waals surface area contributed by atoms with Gasteiger partial charge < -0.3 is 20.9 Å². The highest BCUT2D eigenvalue weighted by atomic mass is 15.1. The summed E-state index contributed by atoms with van der Waals surface area (Å²) < 4.78 is 0. The molecular formula is C27H39N5. The number of nitrogens with one attached hydrogen (secondary N) is 1. The van der Waals surface area contributed by atoms with Crippen LogP contribution in [-0.2, 0) is 0 Å². The van der Waals surface area contributed by atoms with Crippen molar-refractivity contribution in [2.75, 3.05) is 39.5 Å². The number of nitrogens with two attached hydrogens (primary N) is 1. The van der Waals surface area contributed by atoms with Gasteiger partial charge in [0.15, 0.2) is 0 Å². The number of hydrogen-bond donors (Lipinski definition) is 2. The minimum absolute atomic E-state index is 0.675. The second kappa shape index (κ2) is 12.0. The summed E-state index contributed by atoms with van der Waals surface area (Å²) in [5, 5.41) is 3.40. The Balaban J connectivity index is 2.45. The molecule has 0 aliphatic carbocycles. The molecule has 172 valence electrons. The summed E-state index contributed by atoms with van der Waals surface area (Å²) in [4.78, 5) is 8.61. The van der Waals surface area contributed by atoms with Gasteiger partial charge in [-0.2, -0.15) is 0 Å². The zero-order chi connectivity index (χ0) is 23.7. The Morgan fingerprint density at radius 1 is 1.22 bits per heavy atom. The number of aliphatic imine (C=N–C) groups is 1. The minimum atomic E-state index is 0.675. The molecule has 0 spiro atoms. The smallest absolute Gasteiger partial charge is 0.0417 e. The molecule has 32 heavy (non-hydrogen) atoms. The molecule has 1 heterocycles. The molecule has 1 aromatic rings. The van der Waals surface area contributed by atoms with Crippen LogP contribution in [0.2, 0.25) is 0 Å². The number of aryl methyl sites for hydroxylation is 1. The maximum absolute atomic E-state index is 6.03. The topological polar surface area (TPSA) is 56.9 Å². The number of anilines is 1. The van der Waals surface area contributed by atoms with Crippen LogP contribution in [0.25, 0.3) is 5.57 Å². The van der Waals surface area contributed by atoms with Crippen LogP contribution in [0, 0.1) is 6.92 Å². The molecule has 1 aromatic carbocycles. The molecule has 0 bridgehead atoms. The second-order valence-corrected chi connectivity index (χ2v) is 8.49. The van der Waals surface area contributed by atoms with Crippen LogP contribution < -0.4 is 11.1 Å². The van der Waals surface area contributed by atoms with Gasteiger partial charge in [-0.3, -0.25) is 4.99 Å². The molecule has 0 amide bonds. The van der Waals surface area contributed by atoms with E-state index in [-0.39, 0.29) is 0 Å². The van der Waals surface area contributed by atoms with Crippen LogP contribution in [0.5, 0.6) is 0 Å². The number of likely N-dealkylation sites (tertiary alicyclic amines) is 1. The van der Waals surface area contributed by atoms with Gasteiger partial charge in [-0.15, -0.1) is 0 Å². The Labute approximate surface area is 194 Å². The van der Waals surface area contributed by atoms with E-state index in [0.717, 1.165) is 41.2 Å². The van der Waals surface area contributed by atoms with Crippen LogP contribution in [0.1, 0.15) is 37.3 Å². The van der Waals surface area contributed by atoms with Crippen molar-refractivity contribution in [2.45, 2.75) is 33.1 Å². The van der Waals surface area contributed by atoms with E-state index in [4.69, 9.17) is 5.73 Å². The van der Waals surface area contributed by atoms with Crippen molar-refractivity contribution in [3.05, 3.63) is 83.5 Å². The van der Waals surface area contributed by atoms with E-state index in [1.807, 2.05) is 27.1 Å². The van der Waals surface area contributed by atoms with Gasteiger partial charge in [-0.25, -0.2) is 0 Å². The molecule has 5 nitrogen and oxygen atoms in total. The predicted octanol–water partition coefficient (Wildman–Crippen LogP) is 5.31. The standard InChI is InChI=1S/C27H39N5/c1-8-25(32-14-10-9-11-15-32)16-23(19-31(6)7)26-17-24(13-12-20(26)2)30-22(4)27(18-29-5)21(3)28/h8,12-13,16-19,30H,1,4,9-11,14-15,28H2,2-3,5-7H3/b23-19+,25-16+,27-21?,29-18?. The summed E-state index contributed by atoms with van der Waals surface area (Å²) in [7, 11) is 5.82. The number of rotatable bonds is 9. The fourth-order valence-electron chi connectivity index (χ4n) is 3.85. The van der Waals surface area contributed by atoms with E-state index in [1.165, 1.54) is 30.5 Å². The highest BCUT2D eigenvalue weighted by molar-refractivity contribution is 5.87. The van der Waals surface area contributed by atoms with Crippen LogP contribution in [0.3, 0.4) is 0 Å². The zero-order valence-electron chi connectivity index (χ0n) is 20.4. The second-order valence-electron chi connectivity index (χ2n) is 8.49. The maximum atomic E-state index is 6.03. The van der Waals surface area contributed by atoms with Crippen molar-refractivity contribution in [1.82, 2.24) is 9.80 Å². The van der Waals surface area contributed by atoms with E-state index in [0.29, 0.717) is 5.70 Å². The zero-order valence-corrected chi connectivity index (χ0v) is 20.4. The molecule has 3 N–H and O–H groups in total. The Morgan fingerprint density at radius 3 is 2.47 bits per heavy atom. The SMILES string of the molecule is C=C/C(=C\C(=C/N(C)C)c1cc(NC(=C)C(C=NC)=C(C)N)ccc1C)N1CCCCC1. The molecule has 1 saturated heterocycles. The van der Waals surface area contributed by atoms with Gasteiger partial charge in [0.25, 0.3) is 0 Å². The van der Waals surface area contributed by atoms with Gasteiger partial charge in [-0.05, 0) is 74.1 Å². The fraction of sp³-hybridized carbons (Fsp3) is 0.370. The normalized spacial score (nSPS) is 16.1. The van der Waals surface area contributed by atoms with Crippen LogP contribution in [-0.4, -0.2) is 50.2 Å².